The van der Waals surface area contributed by atoms with Crippen molar-refractivity contribution in [3.63, 3.8) is 0 Å². The first-order valence-corrected chi connectivity index (χ1v) is 18.6. The van der Waals surface area contributed by atoms with Crippen molar-refractivity contribution in [3.05, 3.63) is 23.2 Å². The molecular weight excluding hydrogens is 661 g/mol. The number of carbonyl (C=O) groups is 3. The third-order valence-electron chi connectivity index (χ3n) is 10.9. The van der Waals surface area contributed by atoms with Gasteiger partial charge in [-0.1, -0.05) is 0 Å². The Bertz CT molecular complexity index is 1620. The second kappa shape index (κ2) is 12.4. The molecule has 6 fully saturated rings. The van der Waals surface area contributed by atoms with Gasteiger partial charge in [0.05, 0.1) is 10.2 Å². The highest BCUT2D eigenvalue weighted by molar-refractivity contribution is 8.15. The topological polar surface area (TPSA) is 149 Å². The fourth-order valence-corrected chi connectivity index (χ4v) is 10.7. The van der Waals surface area contributed by atoms with Gasteiger partial charge in [-0.3, -0.25) is 4.99 Å². The van der Waals surface area contributed by atoms with Gasteiger partial charge < -0.3 is 29.1 Å². The number of thioether (sulfide) groups is 1. The van der Waals surface area contributed by atoms with Gasteiger partial charge >= 0.3 is 18.2 Å². The van der Waals surface area contributed by atoms with Crippen molar-refractivity contribution in [3.8, 4) is 5.75 Å². The molecule has 258 valence electrons. The Kier molecular flexibility index (Phi) is 8.34. The number of amides is 2. The van der Waals surface area contributed by atoms with Gasteiger partial charge in [-0.15, -0.1) is 23.1 Å². The predicted octanol–water partition coefficient (Wildman–Crippen LogP) is 5.51. The Hall–Kier alpha value is -2.98. The molecule has 0 unspecified atom stereocenters. The van der Waals surface area contributed by atoms with E-state index in [-0.39, 0.29) is 19.2 Å². The standard InChI is InChI=1S/C33H40N4O9S2/c1-36(30(40)42-22-5-6-24-26(15-22)48-28(34-24)27-35-25(17-47-27)29(38)39)8-9-37(2)31(41)43-23-4-3-7-32(16-23)44-33(46-45-32)20-11-18-10-19(13-20)14-21(33)12-18/h5-6,15,18-21,23,25H,3-4,7-14,16-17H2,1-2H3,(H,38,39)/t18?,19?,20?,21?,23-,25+,32-,33?/m1/s1. The van der Waals surface area contributed by atoms with Crippen molar-refractivity contribution in [2.24, 2.45) is 28.7 Å². The number of ether oxygens (including phenoxy) is 3. The van der Waals surface area contributed by atoms with E-state index in [9.17, 15) is 19.5 Å². The molecule has 1 aromatic heterocycles. The number of carboxylic acids is 1. The molecule has 2 aliphatic heterocycles. The van der Waals surface area contributed by atoms with E-state index in [0.29, 0.717) is 45.3 Å². The molecule has 5 saturated carbocycles. The largest absolute Gasteiger partial charge is 0.480 e. The fraction of sp³-hybridized carbons (Fsp3) is 0.667. The van der Waals surface area contributed by atoms with Crippen LogP contribution in [0.1, 0.15) is 62.8 Å². The summed E-state index contributed by atoms with van der Waals surface area (Å²) in [5, 5.41) is 10.5. The molecular formula is C33H40N4O9S2. The molecule has 1 saturated heterocycles. The van der Waals surface area contributed by atoms with Crippen molar-refractivity contribution < 1.29 is 43.5 Å². The molecule has 2 amide bonds. The van der Waals surface area contributed by atoms with Crippen LogP contribution in [0.2, 0.25) is 0 Å². The van der Waals surface area contributed by atoms with E-state index in [1.54, 1.807) is 32.3 Å². The van der Waals surface area contributed by atoms with Crippen LogP contribution in [0.15, 0.2) is 23.2 Å². The summed E-state index contributed by atoms with van der Waals surface area (Å²) in [6, 6.07) is 4.38. The summed E-state index contributed by atoms with van der Waals surface area (Å²) >= 11 is 2.73. The zero-order chi connectivity index (χ0) is 33.2. The molecule has 48 heavy (non-hydrogen) atoms. The number of hydrogen-bond donors (Lipinski definition) is 1. The number of rotatable bonds is 7. The maximum atomic E-state index is 13.1. The Labute approximate surface area is 286 Å². The third kappa shape index (κ3) is 5.95. The first-order chi connectivity index (χ1) is 23.1. The molecule has 13 nitrogen and oxygen atoms in total. The van der Waals surface area contributed by atoms with Crippen LogP contribution in [0, 0.1) is 23.7 Å². The van der Waals surface area contributed by atoms with E-state index in [4.69, 9.17) is 24.0 Å². The number of fused-ring (bicyclic) bond motifs is 1. The van der Waals surface area contributed by atoms with Crippen LogP contribution in [-0.4, -0.2) is 99.7 Å². The van der Waals surface area contributed by atoms with Gasteiger partial charge in [-0.05, 0) is 68.9 Å². The molecule has 2 spiro atoms. The molecule has 5 aliphatic carbocycles. The van der Waals surface area contributed by atoms with Gasteiger partial charge in [0.2, 0.25) is 11.6 Å². The van der Waals surface area contributed by atoms with Crippen molar-refractivity contribution in [2.45, 2.75) is 81.5 Å². The summed E-state index contributed by atoms with van der Waals surface area (Å²) in [7, 11) is 3.26. The zero-order valence-corrected chi connectivity index (χ0v) is 28.6. The second-order valence-corrected chi connectivity index (χ2v) is 16.3. The van der Waals surface area contributed by atoms with Crippen LogP contribution in [0.3, 0.4) is 0 Å². The number of thiazole rings is 1. The van der Waals surface area contributed by atoms with Gasteiger partial charge in [-0.25, -0.2) is 19.4 Å². The van der Waals surface area contributed by atoms with Crippen LogP contribution in [0.25, 0.3) is 10.2 Å². The molecule has 3 atom stereocenters. The number of nitrogens with zero attached hydrogens (tertiary/aromatic N) is 4. The first-order valence-electron chi connectivity index (χ1n) is 16.8. The van der Waals surface area contributed by atoms with Crippen LogP contribution in [0.4, 0.5) is 9.59 Å². The lowest BCUT2D eigenvalue weighted by molar-refractivity contribution is -0.390. The Balaban J connectivity index is 0.815. The smallest absolute Gasteiger partial charge is 0.415 e. The van der Waals surface area contributed by atoms with Gasteiger partial charge in [0.15, 0.2) is 6.04 Å². The molecule has 0 radical (unpaired) electrons. The molecule has 2 aromatic rings. The number of aromatic nitrogens is 1. The minimum atomic E-state index is -0.952. The van der Waals surface area contributed by atoms with Crippen LogP contribution in [-0.2, 0) is 24.0 Å². The zero-order valence-electron chi connectivity index (χ0n) is 27.0. The summed E-state index contributed by atoms with van der Waals surface area (Å²) < 4.78 is 19.1. The minimum Gasteiger partial charge on any atom is -0.480 e. The van der Waals surface area contributed by atoms with Gasteiger partial charge in [0.1, 0.15) is 21.9 Å². The average Bonchev–Trinajstić information content (AvgIpc) is 3.80. The maximum absolute atomic E-state index is 13.1. The summed E-state index contributed by atoms with van der Waals surface area (Å²) in [6.07, 6.45) is 7.24. The lowest BCUT2D eigenvalue weighted by Gasteiger charge is -2.57. The van der Waals surface area contributed by atoms with Crippen molar-refractivity contribution >= 4 is 56.5 Å². The third-order valence-corrected chi connectivity index (χ3v) is 13.1. The summed E-state index contributed by atoms with van der Waals surface area (Å²) in [4.78, 5) is 61.0. The van der Waals surface area contributed by atoms with E-state index in [1.165, 1.54) is 39.3 Å². The summed E-state index contributed by atoms with van der Waals surface area (Å²) in [5.74, 6) is 0.581. The molecule has 4 bridgehead atoms. The van der Waals surface area contributed by atoms with Crippen molar-refractivity contribution in [1.29, 1.82) is 0 Å². The molecule has 3 heterocycles. The van der Waals surface area contributed by atoms with Crippen LogP contribution >= 0.6 is 23.1 Å². The highest BCUT2D eigenvalue weighted by atomic mass is 32.2. The Morgan fingerprint density at radius 3 is 2.46 bits per heavy atom. The van der Waals surface area contributed by atoms with E-state index in [2.05, 4.69) is 9.98 Å². The van der Waals surface area contributed by atoms with E-state index >= 15 is 0 Å². The number of hydrogen-bond acceptors (Lipinski definition) is 12. The SMILES string of the molecule is CN(CCN(C)C(=O)O[C@@H]1CCC[C@]2(C1)OOC1(O2)C2CC3CC(C2)CC1C3)C(=O)Oc1ccc2nc(C3=N[C@H](C(=O)O)CS3)sc2c1. The molecule has 7 aliphatic rings. The number of benzene rings is 1. The quantitative estimate of drug-likeness (QED) is 0.365. The van der Waals surface area contributed by atoms with Gasteiger partial charge in [0, 0.05) is 63.7 Å². The van der Waals surface area contributed by atoms with E-state index in [1.807, 2.05) is 0 Å². The van der Waals surface area contributed by atoms with Crippen LogP contribution in [0.5, 0.6) is 5.75 Å². The predicted molar refractivity (Wildman–Crippen MR) is 176 cm³/mol. The lowest BCUT2D eigenvalue weighted by Crippen LogP contribution is -2.59. The van der Waals surface area contributed by atoms with Crippen molar-refractivity contribution in [2.75, 3.05) is 32.9 Å². The minimum absolute atomic E-state index is 0.237. The highest BCUT2D eigenvalue weighted by Crippen LogP contribution is 2.63. The number of aliphatic carboxylic acids is 1. The monoisotopic (exact) mass is 700 g/mol. The van der Waals surface area contributed by atoms with E-state index in [0.717, 1.165) is 61.5 Å². The van der Waals surface area contributed by atoms with Crippen molar-refractivity contribution in [1.82, 2.24) is 14.8 Å². The Morgan fingerprint density at radius 1 is 1.02 bits per heavy atom. The van der Waals surface area contributed by atoms with E-state index < -0.39 is 35.8 Å². The number of likely N-dealkylation sites (N-methyl/N-ethyl adjacent to an activating group) is 2. The first kappa shape index (κ1) is 32.2. The average molecular weight is 701 g/mol. The second-order valence-electron chi connectivity index (χ2n) is 14.3. The van der Waals surface area contributed by atoms with Gasteiger partial charge in [-0.2, -0.15) is 9.78 Å². The summed E-state index contributed by atoms with van der Waals surface area (Å²) in [6.45, 7) is 0.489. The Morgan fingerprint density at radius 2 is 1.75 bits per heavy atom. The number of aliphatic imine (C=N–C) groups is 1. The molecule has 9 rings (SSSR count). The lowest BCUT2D eigenvalue weighted by atomic mass is 9.53. The number of carbonyl (C=O) groups excluding carboxylic acids is 2. The molecule has 15 heteroatoms. The molecule has 1 aromatic carbocycles. The van der Waals surface area contributed by atoms with Gasteiger partial charge in [0.25, 0.3) is 0 Å². The molecule has 1 N–H and O–H groups in total. The maximum Gasteiger partial charge on any atom is 0.415 e. The highest BCUT2D eigenvalue weighted by Gasteiger charge is 2.67. The normalized spacial score (nSPS) is 34.9. The summed E-state index contributed by atoms with van der Waals surface area (Å²) in [5.41, 5.74) is 0.709. The van der Waals surface area contributed by atoms with Crippen LogP contribution < -0.4 is 4.74 Å². The fourth-order valence-electron chi connectivity index (χ4n) is 8.60. The number of carboxylic acid groups (broad SMARTS) is 1.